The van der Waals surface area contributed by atoms with Crippen molar-refractivity contribution < 1.29 is 18.4 Å². The van der Waals surface area contributed by atoms with Crippen molar-refractivity contribution in [3.05, 3.63) is 90.0 Å². The lowest BCUT2D eigenvalue weighted by atomic mass is 10.0. The van der Waals surface area contributed by atoms with Crippen LogP contribution in [0.5, 0.6) is 0 Å². The highest BCUT2D eigenvalue weighted by Gasteiger charge is 2.26. The van der Waals surface area contributed by atoms with Crippen LogP contribution in [-0.2, 0) is 16.6 Å². The topological polar surface area (TPSA) is 86.7 Å². The average Bonchev–Trinajstić information content (AvgIpc) is 2.74. The fraction of sp³-hybridized carbons (Fsp3) is 0.136. The van der Waals surface area contributed by atoms with Crippen LogP contribution in [-0.4, -0.2) is 30.9 Å². The van der Waals surface area contributed by atoms with Crippen LogP contribution < -0.4 is 5.48 Å². The molecule has 0 spiro atoms. The first-order chi connectivity index (χ1) is 13.4. The third kappa shape index (κ3) is 4.89. The van der Waals surface area contributed by atoms with Crippen LogP contribution in [0.2, 0.25) is 0 Å². The van der Waals surface area contributed by atoms with Crippen molar-refractivity contribution in [2.75, 3.05) is 7.05 Å². The van der Waals surface area contributed by atoms with E-state index in [4.69, 9.17) is 5.21 Å². The largest absolute Gasteiger partial charge is 0.288 e. The van der Waals surface area contributed by atoms with E-state index in [9.17, 15) is 13.2 Å². The number of carbonyl (C=O) groups is 1. The predicted molar refractivity (Wildman–Crippen MR) is 113 cm³/mol. The number of nitrogens with zero attached hydrogens (tertiary/aromatic N) is 1. The Morgan fingerprint density at radius 1 is 0.897 bits per heavy atom. The Bertz CT molecular complexity index is 1070. The van der Waals surface area contributed by atoms with Gasteiger partial charge in [-0.3, -0.25) is 10.0 Å². The third-order valence-corrected chi connectivity index (χ3v) is 6.25. The van der Waals surface area contributed by atoms with E-state index in [0.29, 0.717) is 0 Å². The molecular formula is C22H24N2O4S. The number of nitrogens with one attached hydrogen (secondary N) is 1. The van der Waals surface area contributed by atoms with Crippen LogP contribution in [0.15, 0.2) is 83.8 Å². The van der Waals surface area contributed by atoms with E-state index in [1.807, 2.05) is 54.6 Å². The van der Waals surface area contributed by atoms with E-state index >= 15 is 0 Å². The highest BCUT2D eigenvalue weighted by molar-refractivity contribution is 7.89. The molecule has 6 nitrogen and oxygen atoms in total. The van der Waals surface area contributed by atoms with Gasteiger partial charge in [0.25, 0.3) is 5.91 Å². The summed E-state index contributed by atoms with van der Waals surface area (Å²) in [7, 11) is -2.47. The van der Waals surface area contributed by atoms with Crippen molar-refractivity contribution >= 4 is 15.9 Å². The second kappa shape index (κ2) is 9.47. The average molecular weight is 413 g/mol. The van der Waals surface area contributed by atoms with Gasteiger partial charge in [0, 0.05) is 13.6 Å². The first kappa shape index (κ1) is 22.3. The third-order valence-electron chi connectivity index (χ3n) is 4.39. The Morgan fingerprint density at radius 3 is 2.07 bits per heavy atom. The highest BCUT2D eigenvalue weighted by atomic mass is 32.2. The zero-order chi connectivity index (χ0) is 20.1. The molecule has 0 aliphatic carbocycles. The molecule has 0 unspecified atom stereocenters. The van der Waals surface area contributed by atoms with E-state index in [0.717, 1.165) is 16.7 Å². The summed E-state index contributed by atoms with van der Waals surface area (Å²) in [6.45, 7) is 0.145. The summed E-state index contributed by atoms with van der Waals surface area (Å²) in [5.74, 6) is -0.875. The summed E-state index contributed by atoms with van der Waals surface area (Å²) >= 11 is 0. The number of carbonyl (C=O) groups excluding carboxylic acids is 1. The number of sulfonamides is 1. The van der Waals surface area contributed by atoms with Gasteiger partial charge in [-0.05, 0) is 28.8 Å². The number of benzene rings is 3. The number of hydroxylamine groups is 1. The van der Waals surface area contributed by atoms with E-state index in [-0.39, 0.29) is 24.4 Å². The van der Waals surface area contributed by atoms with Crippen molar-refractivity contribution in [3.63, 3.8) is 0 Å². The summed E-state index contributed by atoms with van der Waals surface area (Å²) in [6, 6.07) is 23.3. The monoisotopic (exact) mass is 412 g/mol. The van der Waals surface area contributed by atoms with Crippen molar-refractivity contribution in [1.82, 2.24) is 9.79 Å². The molecule has 0 aliphatic heterocycles. The molecule has 3 aromatic rings. The van der Waals surface area contributed by atoms with Gasteiger partial charge in [-0.1, -0.05) is 74.2 Å². The summed E-state index contributed by atoms with van der Waals surface area (Å²) in [5.41, 5.74) is 4.31. The summed E-state index contributed by atoms with van der Waals surface area (Å²) in [5, 5.41) is 8.86. The molecule has 152 valence electrons. The molecule has 2 N–H and O–H groups in total. The molecule has 0 saturated carbocycles. The quantitative estimate of drug-likeness (QED) is 0.474. The number of amides is 1. The minimum atomic E-state index is -3.92. The molecule has 3 rings (SSSR count). The summed E-state index contributed by atoms with van der Waals surface area (Å²) in [6.07, 6.45) is 0. The Morgan fingerprint density at radius 2 is 1.45 bits per heavy atom. The maximum absolute atomic E-state index is 12.9. The molecule has 0 aliphatic rings. The Kier molecular flexibility index (Phi) is 7.28. The van der Waals surface area contributed by atoms with Gasteiger partial charge >= 0.3 is 0 Å². The number of hydrogen-bond donors (Lipinski definition) is 2. The molecule has 7 heteroatoms. The van der Waals surface area contributed by atoms with Crippen LogP contribution in [0.1, 0.15) is 23.3 Å². The van der Waals surface area contributed by atoms with Gasteiger partial charge < -0.3 is 0 Å². The molecule has 1 amide bonds. The molecule has 29 heavy (non-hydrogen) atoms. The normalized spacial score (nSPS) is 11.0. The Hall–Kier alpha value is -3.00. The Balaban J connectivity index is 0.00000300. The zero-order valence-electron chi connectivity index (χ0n) is 15.2. The lowest BCUT2D eigenvalue weighted by Gasteiger charge is -2.19. The van der Waals surface area contributed by atoms with E-state index in [1.165, 1.54) is 41.1 Å². The van der Waals surface area contributed by atoms with Gasteiger partial charge in [-0.2, -0.15) is 4.31 Å². The molecular weight excluding hydrogens is 388 g/mol. The summed E-state index contributed by atoms with van der Waals surface area (Å²) in [4.78, 5) is 11.6. The molecule has 3 aromatic carbocycles. The number of hydrogen-bond acceptors (Lipinski definition) is 4. The maximum Gasteiger partial charge on any atom is 0.276 e. The summed E-state index contributed by atoms with van der Waals surface area (Å²) < 4.78 is 27.0. The van der Waals surface area contributed by atoms with Crippen LogP contribution in [0.25, 0.3) is 11.1 Å². The fourth-order valence-corrected chi connectivity index (χ4v) is 4.23. The minimum Gasteiger partial charge on any atom is -0.288 e. The van der Waals surface area contributed by atoms with Crippen molar-refractivity contribution in [3.8, 4) is 11.1 Å². The van der Waals surface area contributed by atoms with Gasteiger partial charge in [0.1, 0.15) is 0 Å². The Labute approximate surface area is 171 Å². The van der Waals surface area contributed by atoms with Crippen LogP contribution in [0, 0.1) is 0 Å². The molecule has 0 fully saturated rings. The van der Waals surface area contributed by atoms with Gasteiger partial charge in [0.15, 0.2) is 0 Å². The first-order valence-electron chi connectivity index (χ1n) is 8.57. The fourth-order valence-electron chi connectivity index (χ4n) is 2.88. The zero-order valence-corrected chi connectivity index (χ0v) is 16.1. The van der Waals surface area contributed by atoms with Gasteiger partial charge in [0.05, 0.1) is 10.5 Å². The van der Waals surface area contributed by atoms with Gasteiger partial charge in [-0.15, -0.1) is 0 Å². The second-order valence-corrected chi connectivity index (χ2v) is 8.27. The van der Waals surface area contributed by atoms with Crippen molar-refractivity contribution in [1.29, 1.82) is 0 Å². The minimum absolute atomic E-state index is 0. The molecule has 0 radical (unpaired) electrons. The van der Waals surface area contributed by atoms with E-state index in [1.54, 1.807) is 0 Å². The molecule has 0 saturated heterocycles. The smallest absolute Gasteiger partial charge is 0.276 e. The van der Waals surface area contributed by atoms with Crippen molar-refractivity contribution in [2.24, 2.45) is 0 Å². The lowest BCUT2D eigenvalue weighted by molar-refractivity contribution is 0.0702. The highest BCUT2D eigenvalue weighted by Crippen LogP contribution is 2.23. The molecule has 0 heterocycles. The van der Waals surface area contributed by atoms with Crippen LogP contribution in [0.4, 0.5) is 0 Å². The lowest BCUT2D eigenvalue weighted by Crippen LogP contribution is -2.29. The second-order valence-electron chi connectivity index (χ2n) is 6.26. The van der Waals surface area contributed by atoms with Gasteiger partial charge in [-0.25, -0.2) is 13.9 Å². The standard InChI is InChI=1S/C21H20N2O4S.CH4/c1-23(28(26,27)20-10-6-5-9-19(20)21(24)22-25)15-16-11-13-18(14-12-16)17-7-3-2-4-8-17;/h2-14,25H,15H2,1H3,(H,22,24);1H4. The van der Waals surface area contributed by atoms with E-state index in [2.05, 4.69) is 0 Å². The predicted octanol–water partition coefficient (Wildman–Crippen LogP) is 3.93. The van der Waals surface area contributed by atoms with Gasteiger partial charge in [0.2, 0.25) is 10.0 Å². The molecule has 0 aromatic heterocycles. The van der Waals surface area contributed by atoms with E-state index < -0.39 is 15.9 Å². The SMILES string of the molecule is C.CN(Cc1ccc(-c2ccccc2)cc1)S(=O)(=O)c1ccccc1C(=O)NO. The van der Waals surface area contributed by atoms with Crippen molar-refractivity contribution in [2.45, 2.75) is 18.9 Å². The van der Waals surface area contributed by atoms with Crippen LogP contribution >= 0.6 is 0 Å². The first-order valence-corrected chi connectivity index (χ1v) is 10.0. The maximum atomic E-state index is 12.9. The molecule has 0 bridgehead atoms. The molecule has 0 atom stereocenters. The number of rotatable bonds is 6. The van der Waals surface area contributed by atoms with Crippen LogP contribution in [0.3, 0.4) is 0 Å².